The van der Waals surface area contributed by atoms with Crippen LogP contribution in [0.15, 0.2) is 48.5 Å². The number of ether oxygens (including phenoxy) is 1. The highest BCUT2D eigenvalue weighted by Gasteiger charge is 2.17. The standard InChI is InChI=1S/C21H26N2O2/c1-3-25-21-10-4-18(5-11-21)16-22-12-14-23(15-13-22)20-8-6-19(7-9-20)17(2)24/h4-11H,3,12-16H2,1-2H3. The summed E-state index contributed by atoms with van der Waals surface area (Å²) < 4.78 is 5.50. The van der Waals surface area contributed by atoms with Crippen molar-refractivity contribution in [3.05, 3.63) is 59.7 Å². The summed E-state index contributed by atoms with van der Waals surface area (Å²) in [7, 11) is 0. The maximum Gasteiger partial charge on any atom is 0.159 e. The first-order valence-electron chi connectivity index (χ1n) is 8.96. The van der Waals surface area contributed by atoms with Gasteiger partial charge in [-0.25, -0.2) is 0 Å². The second-order valence-corrected chi connectivity index (χ2v) is 6.44. The van der Waals surface area contributed by atoms with E-state index in [-0.39, 0.29) is 5.78 Å². The molecule has 0 saturated carbocycles. The van der Waals surface area contributed by atoms with Crippen molar-refractivity contribution in [2.24, 2.45) is 0 Å². The minimum Gasteiger partial charge on any atom is -0.494 e. The molecule has 0 amide bonds. The van der Waals surface area contributed by atoms with Crippen molar-refractivity contribution in [3.63, 3.8) is 0 Å². The molecule has 2 aromatic rings. The van der Waals surface area contributed by atoms with Crippen LogP contribution in [0.25, 0.3) is 0 Å². The van der Waals surface area contributed by atoms with Gasteiger partial charge in [-0.3, -0.25) is 9.69 Å². The van der Waals surface area contributed by atoms with Crippen LogP contribution in [0.2, 0.25) is 0 Å². The van der Waals surface area contributed by atoms with Gasteiger partial charge in [-0.15, -0.1) is 0 Å². The molecular weight excluding hydrogens is 312 g/mol. The van der Waals surface area contributed by atoms with Crippen LogP contribution in [0.1, 0.15) is 29.8 Å². The van der Waals surface area contributed by atoms with Gasteiger partial charge in [-0.2, -0.15) is 0 Å². The number of rotatable bonds is 6. The molecule has 1 aliphatic heterocycles. The van der Waals surface area contributed by atoms with E-state index in [9.17, 15) is 4.79 Å². The molecule has 132 valence electrons. The lowest BCUT2D eigenvalue weighted by molar-refractivity contribution is 0.101. The summed E-state index contributed by atoms with van der Waals surface area (Å²) in [5.74, 6) is 1.05. The number of Topliss-reactive ketones (excluding diaryl/α,β-unsaturated/α-hetero) is 1. The summed E-state index contributed by atoms with van der Waals surface area (Å²) in [4.78, 5) is 16.2. The van der Waals surface area contributed by atoms with E-state index in [1.165, 1.54) is 11.3 Å². The Bertz CT molecular complexity index is 687. The Morgan fingerprint density at radius 3 is 2.16 bits per heavy atom. The summed E-state index contributed by atoms with van der Waals surface area (Å²) in [6.45, 7) is 9.39. The van der Waals surface area contributed by atoms with Gasteiger partial charge in [0.2, 0.25) is 0 Å². The van der Waals surface area contributed by atoms with Gasteiger partial charge < -0.3 is 9.64 Å². The third kappa shape index (κ3) is 4.60. The lowest BCUT2D eigenvalue weighted by atomic mass is 10.1. The lowest BCUT2D eigenvalue weighted by Crippen LogP contribution is -2.45. The summed E-state index contributed by atoms with van der Waals surface area (Å²) in [5.41, 5.74) is 3.30. The summed E-state index contributed by atoms with van der Waals surface area (Å²) in [5, 5.41) is 0. The van der Waals surface area contributed by atoms with Crippen molar-refractivity contribution < 1.29 is 9.53 Å². The Morgan fingerprint density at radius 1 is 0.960 bits per heavy atom. The number of carbonyl (C=O) groups excluding carboxylic acids is 1. The van der Waals surface area contributed by atoms with Crippen LogP contribution >= 0.6 is 0 Å². The molecule has 1 heterocycles. The zero-order valence-electron chi connectivity index (χ0n) is 15.1. The van der Waals surface area contributed by atoms with Crippen LogP contribution in [0.3, 0.4) is 0 Å². The maximum atomic E-state index is 11.4. The zero-order valence-corrected chi connectivity index (χ0v) is 15.1. The van der Waals surface area contributed by atoms with Crippen molar-refractivity contribution in [1.82, 2.24) is 4.90 Å². The molecule has 0 unspecified atom stereocenters. The molecule has 0 radical (unpaired) electrons. The number of benzene rings is 2. The Hall–Kier alpha value is -2.33. The Balaban J connectivity index is 1.52. The van der Waals surface area contributed by atoms with E-state index in [0.717, 1.165) is 44.0 Å². The molecule has 25 heavy (non-hydrogen) atoms. The minimum absolute atomic E-state index is 0.117. The van der Waals surface area contributed by atoms with Crippen LogP contribution in [0.4, 0.5) is 5.69 Å². The topological polar surface area (TPSA) is 32.8 Å². The number of carbonyl (C=O) groups is 1. The first kappa shape index (κ1) is 17.5. The molecular formula is C21H26N2O2. The number of anilines is 1. The largest absolute Gasteiger partial charge is 0.494 e. The van der Waals surface area contributed by atoms with Crippen molar-refractivity contribution in [2.75, 3.05) is 37.7 Å². The van der Waals surface area contributed by atoms with Gasteiger partial charge in [0.15, 0.2) is 5.78 Å². The number of nitrogens with zero attached hydrogens (tertiary/aromatic N) is 2. The van der Waals surface area contributed by atoms with Crippen molar-refractivity contribution in [1.29, 1.82) is 0 Å². The summed E-state index contributed by atoms with van der Waals surface area (Å²) >= 11 is 0. The third-order valence-corrected chi connectivity index (χ3v) is 4.65. The van der Waals surface area contributed by atoms with Crippen LogP contribution in [0.5, 0.6) is 5.75 Å². The third-order valence-electron chi connectivity index (χ3n) is 4.65. The normalized spacial score (nSPS) is 15.2. The van der Waals surface area contributed by atoms with E-state index in [1.807, 2.05) is 31.2 Å². The molecule has 1 saturated heterocycles. The highest BCUT2D eigenvalue weighted by atomic mass is 16.5. The first-order chi connectivity index (χ1) is 12.2. The minimum atomic E-state index is 0.117. The van der Waals surface area contributed by atoms with E-state index >= 15 is 0 Å². The fourth-order valence-corrected chi connectivity index (χ4v) is 3.19. The molecule has 0 N–H and O–H groups in total. The van der Waals surface area contributed by atoms with Crippen molar-refractivity contribution in [3.8, 4) is 5.75 Å². The van der Waals surface area contributed by atoms with Gasteiger partial charge in [-0.1, -0.05) is 12.1 Å². The molecule has 1 fully saturated rings. The van der Waals surface area contributed by atoms with E-state index in [1.54, 1.807) is 6.92 Å². The highest BCUT2D eigenvalue weighted by Crippen LogP contribution is 2.19. The van der Waals surface area contributed by atoms with Gasteiger partial charge >= 0.3 is 0 Å². The molecule has 4 nitrogen and oxygen atoms in total. The second-order valence-electron chi connectivity index (χ2n) is 6.44. The number of hydrogen-bond acceptors (Lipinski definition) is 4. The lowest BCUT2D eigenvalue weighted by Gasteiger charge is -2.36. The van der Waals surface area contributed by atoms with Gasteiger partial charge in [0, 0.05) is 44.0 Å². The van der Waals surface area contributed by atoms with Crippen molar-refractivity contribution >= 4 is 11.5 Å². The predicted molar refractivity (Wildman–Crippen MR) is 102 cm³/mol. The average Bonchev–Trinajstić information content (AvgIpc) is 2.64. The van der Waals surface area contributed by atoms with E-state index < -0.39 is 0 Å². The number of piperazine rings is 1. The monoisotopic (exact) mass is 338 g/mol. The molecule has 1 aliphatic rings. The number of hydrogen-bond donors (Lipinski definition) is 0. The average molecular weight is 338 g/mol. The van der Waals surface area contributed by atoms with Crippen LogP contribution in [0, 0.1) is 0 Å². The quantitative estimate of drug-likeness (QED) is 0.753. The van der Waals surface area contributed by atoms with Gasteiger partial charge in [0.05, 0.1) is 6.61 Å². The molecule has 0 bridgehead atoms. The number of ketones is 1. The Kier molecular flexibility index (Phi) is 5.71. The SMILES string of the molecule is CCOc1ccc(CN2CCN(c3ccc(C(C)=O)cc3)CC2)cc1. The second kappa shape index (κ2) is 8.17. The Labute approximate surface area is 150 Å². The van der Waals surface area contributed by atoms with Gasteiger partial charge in [0.25, 0.3) is 0 Å². The fourth-order valence-electron chi connectivity index (χ4n) is 3.19. The molecule has 0 aliphatic carbocycles. The Morgan fingerprint density at radius 2 is 1.60 bits per heavy atom. The maximum absolute atomic E-state index is 11.4. The molecule has 2 aromatic carbocycles. The summed E-state index contributed by atoms with van der Waals surface area (Å²) in [6, 6.07) is 16.3. The van der Waals surface area contributed by atoms with Crippen molar-refractivity contribution in [2.45, 2.75) is 20.4 Å². The van der Waals surface area contributed by atoms with Crippen LogP contribution < -0.4 is 9.64 Å². The van der Waals surface area contributed by atoms with Gasteiger partial charge in [0.1, 0.15) is 5.75 Å². The molecule has 0 aromatic heterocycles. The summed E-state index contributed by atoms with van der Waals surface area (Å²) in [6.07, 6.45) is 0. The van der Waals surface area contributed by atoms with Gasteiger partial charge in [-0.05, 0) is 55.8 Å². The van der Waals surface area contributed by atoms with E-state index in [2.05, 4.69) is 34.1 Å². The molecule has 0 spiro atoms. The highest BCUT2D eigenvalue weighted by molar-refractivity contribution is 5.94. The molecule has 3 rings (SSSR count). The zero-order chi connectivity index (χ0) is 17.6. The molecule has 4 heteroatoms. The first-order valence-corrected chi connectivity index (χ1v) is 8.96. The fraction of sp³-hybridized carbons (Fsp3) is 0.381. The van der Waals surface area contributed by atoms with E-state index in [0.29, 0.717) is 6.61 Å². The molecule has 0 atom stereocenters. The smallest absolute Gasteiger partial charge is 0.159 e. The predicted octanol–water partition coefficient (Wildman–Crippen LogP) is 3.61. The van der Waals surface area contributed by atoms with Crippen LogP contribution in [-0.4, -0.2) is 43.5 Å². The van der Waals surface area contributed by atoms with E-state index in [4.69, 9.17) is 4.74 Å². The van der Waals surface area contributed by atoms with Crippen LogP contribution in [-0.2, 0) is 6.54 Å².